The van der Waals surface area contributed by atoms with E-state index in [9.17, 15) is 4.79 Å². The summed E-state index contributed by atoms with van der Waals surface area (Å²) in [6, 6.07) is 15.4. The molecule has 0 fully saturated rings. The molecule has 0 unspecified atom stereocenters. The van der Waals surface area contributed by atoms with Crippen molar-refractivity contribution in [2.75, 3.05) is 10.6 Å². The standard InChI is InChI=1S/C20H14ClN3OS/c21-14-6-1-2-7-15(14)22-19(25)24-20-23-18-13-5-3-4-11-8-9-12(17(11)13)10-16(18)26-20/h1-7,10H,8-9H2,(H2,22,23,24,25). The maximum absolute atomic E-state index is 12.3. The van der Waals surface area contributed by atoms with Gasteiger partial charge in [-0.2, -0.15) is 0 Å². The first-order chi connectivity index (χ1) is 12.7. The summed E-state index contributed by atoms with van der Waals surface area (Å²) >= 11 is 7.58. The Morgan fingerprint density at radius 2 is 1.88 bits per heavy atom. The highest BCUT2D eigenvalue weighted by molar-refractivity contribution is 7.22. The van der Waals surface area contributed by atoms with Crippen molar-refractivity contribution in [3.05, 3.63) is 64.7 Å². The number of para-hydroxylation sites is 1. The second-order valence-corrected chi connectivity index (χ2v) is 7.74. The van der Waals surface area contributed by atoms with Gasteiger partial charge in [0.1, 0.15) is 0 Å². The van der Waals surface area contributed by atoms with Crippen LogP contribution in [0.1, 0.15) is 11.1 Å². The molecule has 0 bridgehead atoms. The lowest BCUT2D eigenvalue weighted by Crippen LogP contribution is -2.19. The molecule has 2 amide bonds. The molecule has 26 heavy (non-hydrogen) atoms. The SMILES string of the molecule is O=C(Nc1nc2c(cc3c4c(cccc42)CC3)s1)Nc1ccccc1Cl. The Hall–Kier alpha value is -2.63. The summed E-state index contributed by atoms with van der Waals surface area (Å²) in [7, 11) is 0. The zero-order valence-corrected chi connectivity index (χ0v) is 15.2. The van der Waals surface area contributed by atoms with Gasteiger partial charge in [0, 0.05) is 5.39 Å². The van der Waals surface area contributed by atoms with Crippen LogP contribution in [0.4, 0.5) is 15.6 Å². The number of carbonyl (C=O) groups excluding carboxylic acids is 1. The van der Waals surface area contributed by atoms with Crippen LogP contribution < -0.4 is 10.6 Å². The van der Waals surface area contributed by atoms with Crippen LogP contribution in [0.15, 0.2) is 48.5 Å². The highest BCUT2D eigenvalue weighted by atomic mass is 35.5. The van der Waals surface area contributed by atoms with Gasteiger partial charge in [0.2, 0.25) is 0 Å². The number of hydrogen-bond acceptors (Lipinski definition) is 3. The number of nitrogens with one attached hydrogen (secondary N) is 2. The Labute approximate surface area is 158 Å². The molecule has 3 aromatic carbocycles. The van der Waals surface area contributed by atoms with E-state index in [0.29, 0.717) is 15.8 Å². The van der Waals surface area contributed by atoms with Crippen LogP contribution >= 0.6 is 22.9 Å². The Bertz CT molecular complexity index is 1180. The smallest absolute Gasteiger partial charge is 0.306 e. The molecule has 0 saturated carbocycles. The number of carbonyl (C=O) groups is 1. The minimum absolute atomic E-state index is 0.352. The number of nitrogens with zero attached hydrogens (tertiary/aromatic N) is 1. The largest absolute Gasteiger partial charge is 0.325 e. The van der Waals surface area contributed by atoms with E-state index < -0.39 is 0 Å². The number of halogens is 1. The molecule has 6 heteroatoms. The van der Waals surface area contributed by atoms with Crippen LogP contribution in [0.2, 0.25) is 5.02 Å². The zero-order chi connectivity index (χ0) is 17.7. The van der Waals surface area contributed by atoms with Gasteiger partial charge in [-0.25, -0.2) is 9.78 Å². The molecule has 0 radical (unpaired) electrons. The minimum atomic E-state index is -0.352. The first kappa shape index (κ1) is 15.6. The Kier molecular flexibility index (Phi) is 3.58. The number of thiazole rings is 1. The van der Waals surface area contributed by atoms with Crippen molar-refractivity contribution in [1.82, 2.24) is 4.98 Å². The fourth-order valence-electron chi connectivity index (χ4n) is 3.57. The van der Waals surface area contributed by atoms with Gasteiger partial charge in [0.25, 0.3) is 0 Å². The van der Waals surface area contributed by atoms with Gasteiger partial charge in [-0.3, -0.25) is 5.32 Å². The van der Waals surface area contributed by atoms with Crippen LogP contribution in [0.3, 0.4) is 0 Å². The number of aromatic nitrogens is 1. The van der Waals surface area contributed by atoms with Gasteiger partial charge in [-0.05, 0) is 47.6 Å². The van der Waals surface area contributed by atoms with E-state index in [1.165, 1.54) is 33.2 Å². The first-order valence-corrected chi connectivity index (χ1v) is 9.55. The van der Waals surface area contributed by atoms with Crippen molar-refractivity contribution in [3.63, 3.8) is 0 Å². The number of urea groups is 1. The molecule has 0 aliphatic heterocycles. The number of aryl methyl sites for hydroxylation is 2. The number of benzene rings is 3. The predicted molar refractivity (Wildman–Crippen MR) is 109 cm³/mol. The summed E-state index contributed by atoms with van der Waals surface area (Å²) in [5.41, 5.74) is 4.28. The third-order valence-electron chi connectivity index (χ3n) is 4.69. The fraction of sp³-hybridized carbons (Fsp3) is 0.100. The quantitative estimate of drug-likeness (QED) is 0.459. The molecule has 2 N–H and O–H groups in total. The summed E-state index contributed by atoms with van der Waals surface area (Å²) in [6.07, 6.45) is 2.16. The molecule has 1 heterocycles. The fourth-order valence-corrected chi connectivity index (χ4v) is 4.70. The minimum Gasteiger partial charge on any atom is -0.306 e. The van der Waals surface area contributed by atoms with Crippen molar-refractivity contribution in [1.29, 1.82) is 0 Å². The van der Waals surface area contributed by atoms with E-state index in [1.807, 2.05) is 12.1 Å². The zero-order valence-electron chi connectivity index (χ0n) is 13.7. The first-order valence-electron chi connectivity index (χ1n) is 8.35. The second-order valence-electron chi connectivity index (χ2n) is 6.30. The number of amides is 2. The summed E-state index contributed by atoms with van der Waals surface area (Å²) in [4.78, 5) is 17.0. The average Bonchev–Trinajstić information content (AvgIpc) is 3.22. The van der Waals surface area contributed by atoms with Gasteiger partial charge >= 0.3 is 6.03 Å². The summed E-state index contributed by atoms with van der Waals surface area (Å²) in [5.74, 6) is 0. The second kappa shape index (κ2) is 5.97. The predicted octanol–water partition coefficient (Wildman–Crippen LogP) is 5.85. The van der Waals surface area contributed by atoms with E-state index >= 15 is 0 Å². The molecule has 4 aromatic rings. The molecule has 4 nitrogen and oxygen atoms in total. The molecule has 0 spiro atoms. The monoisotopic (exact) mass is 379 g/mol. The van der Waals surface area contributed by atoms with Gasteiger partial charge in [-0.1, -0.05) is 53.3 Å². The van der Waals surface area contributed by atoms with Crippen LogP contribution in [-0.2, 0) is 12.8 Å². The molecular formula is C20H14ClN3OS. The Balaban J connectivity index is 1.49. The van der Waals surface area contributed by atoms with E-state index in [2.05, 4.69) is 39.9 Å². The molecule has 1 aromatic heterocycles. The maximum Gasteiger partial charge on any atom is 0.325 e. The third kappa shape index (κ3) is 2.52. The van der Waals surface area contributed by atoms with Gasteiger partial charge in [0.05, 0.1) is 20.9 Å². The number of fused-ring (bicyclic) bond motifs is 2. The highest BCUT2D eigenvalue weighted by Gasteiger charge is 2.19. The van der Waals surface area contributed by atoms with Crippen LogP contribution in [0.25, 0.3) is 21.0 Å². The van der Waals surface area contributed by atoms with E-state index in [4.69, 9.17) is 11.6 Å². The number of hydrogen-bond donors (Lipinski definition) is 2. The van der Waals surface area contributed by atoms with Gasteiger partial charge in [-0.15, -0.1) is 0 Å². The van der Waals surface area contributed by atoms with Crippen molar-refractivity contribution in [2.45, 2.75) is 12.8 Å². The van der Waals surface area contributed by atoms with Crippen LogP contribution in [0.5, 0.6) is 0 Å². The van der Waals surface area contributed by atoms with Crippen molar-refractivity contribution < 1.29 is 4.79 Å². The summed E-state index contributed by atoms with van der Waals surface area (Å²) in [6.45, 7) is 0. The van der Waals surface area contributed by atoms with Gasteiger partial charge in [0.15, 0.2) is 5.13 Å². The van der Waals surface area contributed by atoms with Crippen molar-refractivity contribution in [2.24, 2.45) is 0 Å². The lowest BCUT2D eigenvalue weighted by molar-refractivity contribution is 0.262. The van der Waals surface area contributed by atoms with E-state index in [0.717, 1.165) is 23.1 Å². The molecular weight excluding hydrogens is 366 g/mol. The van der Waals surface area contributed by atoms with Crippen molar-refractivity contribution >= 4 is 60.8 Å². The Morgan fingerprint density at radius 3 is 2.77 bits per heavy atom. The molecule has 128 valence electrons. The number of anilines is 2. The Morgan fingerprint density at radius 1 is 1.04 bits per heavy atom. The van der Waals surface area contributed by atoms with Crippen LogP contribution in [-0.4, -0.2) is 11.0 Å². The lowest BCUT2D eigenvalue weighted by atomic mass is 10.0. The normalized spacial score (nSPS) is 12.7. The topological polar surface area (TPSA) is 54.0 Å². The summed E-state index contributed by atoms with van der Waals surface area (Å²) < 4.78 is 1.10. The molecule has 1 aliphatic rings. The molecule has 5 rings (SSSR count). The maximum atomic E-state index is 12.3. The molecule has 1 aliphatic carbocycles. The van der Waals surface area contributed by atoms with E-state index in [1.54, 1.807) is 12.1 Å². The number of rotatable bonds is 2. The third-order valence-corrected chi connectivity index (χ3v) is 5.94. The van der Waals surface area contributed by atoms with Crippen molar-refractivity contribution in [3.8, 4) is 0 Å². The lowest BCUT2D eigenvalue weighted by Gasteiger charge is -2.06. The van der Waals surface area contributed by atoms with Gasteiger partial charge < -0.3 is 5.32 Å². The molecule has 0 atom stereocenters. The average molecular weight is 380 g/mol. The van der Waals surface area contributed by atoms with Crippen LogP contribution in [0, 0.1) is 0 Å². The highest BCUT2D eigenvalue weighted by Crippen LogP contribution is 2.39. The summed E-state index contributed by atoms with van der Waals surface area (Å²) in [5, 5.41) is 9.15. The van der Waals surface area contributed by atoms with E-state index in [-0.39, 0.29) is 6.03 Å². The molecule has 0 saturated heterocycles.